The van der Waals surface area contributed by atoms with Gasteiger partial charge in [-0.05, 0) is 23.3 Å². The van der Waals surface area contributed by atoms with Crippen molar-refractivity contribution in [2.24, 2.45) is 0 Å². The number of nitrogens with zero attached hydrogens (tertiary/aromatic N) is 2. The van der Waals surface area contributed by atoms with Crippen molar-refractivity contribution in [2.75, 3.05) is 4.90 Å². The summed E-state index contributed by atoms with van der Waals surface area (Å²) in [4.78, 5) is 13.5. The van der Waals surface area contributed by atoms with Crippen LogP contribution in [0.25, 0.3) is 0 Å². The molecule has 0 aromatic heterocycles. The molecular formula is C30H26N2O4. The lowest BCUT2D eigenvalue weighted by Gasteiger charge is -2.53. The summed E-state index contributed by atoms with van der Waals surface area (Å²) in [5.41, 5.74) is 3.74. The zero-order valence-corrected chi connectivity index (χ0v) is 19.9. The smallest absolute Gasteiger partial charge is 0.270 e. The zero-order valence-electron chi connectivity index (χ0n) is 19.9. The molecule has 0 radical (unpaired) electrons. The summed E-state index contributed by atoms with van der Waals surface area (Å²) < 4.78 is 13.7. The van der Waals surface area contributed by atoms with E-state index in [4.69, 9.17) is 9.47 Å². The minimum Gasteiger partial charge on any atom is -0.470 e. The predicted molar refractivity (Wildman–Crippen MR) is 138 cm³/mol. The van der Waals surface area contributed by atoms with Crippen molar-refractivity contribution in [1.29, 1.82) is 0 Å². The molecule has 0 spiro atoms. The topological polar surface area (TPSA) is 64.8 Å². The average molecular weight is 479 g/mol. The Morgan fingerprint density at radius 1 is 0.889 bits per heavy atom. The molecule has 0 saturated heterocycles. The summed E-state index contributed by atoms with van der Waals surface area (Å²) in [6.07, 6.45) is 0.856. The van der Waals surface area contributed by atoms with E-state index in [0.717, 1.165) is 35.2 Å². The molecule has 2 aliphatic heterocycles. The van der Waals surface area contributed by atoms with Crippen LogP contribution in [0, 0.1) is 10.1 Å². The van der Waals surface area contributed by atoms with Crippen LogP contribution < -0.4 is 9.64 Å². The standard InChI is InChI=1S/C30H26N2O4/c1-2-11-28-31-26-17-10-9-16-25(26)30(21-12-5-3-6-13-21,22-14-7-4-8-15-22)36-29(31)24-20-23(32(33)34)18-19-27(24)35-28/h3-10,12-20,28-29H,2,11H2,1H3/t28-,29+/m0/s1. The molecule has 2 atom stereocenters. The molecule has 6 rings (SSSR count). The maximum atomic E-state index is 11.7. The third-order valence-electron chi connectivity index (χ3n) is 7.04. The van der Waals surface area contributed by atoms with Crippen molar-refractivity contribution in [2.45, 2.75) is 37.8 Å². The first-order chi connectivity index (χ1) is 17.6. The van der Waals surface area contributed by atoms with E-state index >= 15 is 0 Å². The van der Waals surface area contributed by atoms with Crippen molar-refractivity contribution in [3.8, 4) is 5.75 Å². The van der Waals surface area contributed by atoms with Gasteiger partial charge in [0.1, 0.15) is 11.4 Å². The Labute approximate surface area is 209 Å². The minimum absolute atomic E-state index is 0.0127. The van der Waals surface area contributed by atoms with E-state index in [9.17, 15) is 10.1 Å². The summed E-state index contributed by atoms with van der Waals surface area (Å²) in [5.74, 6) is 0.620. The third kappa shape index (κ3) is 3.37. The molecular weight excluding hydrogens is 452 g/mol. The number of para-hydroxylation sites is 1. The van der Waals surface area contributed by atoms with E-state index in [1.165, 1.54) is 6.07 Å². The summed E-state index contributed by atoms with van der Waals surface area (Å²) in [6, 6.07) is 33.4. The maximum Gasteiger partial charge on any atom is 0.270 e. The van der Waals surface area contributed by atoms with Crippen molar-refractivity contribution in [3.05, 3.63) is 135 Å². The molecule has 0 fully saturated rings. The molecule has 4 aromatic rings. The number of benzene rings is 4. The van der Waals surface area contributed by atoms with Gasteiger partial charge in [0.15, 0.2) is 12.5 Å². The van der Waals surface area contributed by atoms with Gasteiger partial charge in [0, 0.05) is 29.8 Å². The molecule has 0 saturated carbocycles. The third-order valence-corrected chi connectivity index (χ3v) is 7.04. The van der Waals surface area contributed by atoms with Gasteiger partial charge in [0.25, 0.3) is 5.69 Å². The average Bonchev–Trinajstić information content (AvgIpc) is 2.93. The van der Waals surface area contributed by atoms with Crippen LogP contribution in [0.5, 0.6) is 5.75 Å². The van der Waals surface area contributed by atoms with Gasteiger partial charge < -0.3 is 14.4 Å². The fraction of sp³-hybridized carbons (Fsp3) is 0.200. The van der Waals surface area contributed by atoms with Crippen LogP contribution >= 0.6 is 0 Å². The molecule has 0 aliphatic carbocycles. The number of anilines is 1. The van der Waals surface area contributed by atoms with E-state index in [1.54, 1.807) is 12.1 Å². The van der Waals surface area contributed by atoms with Crippen LogP contribution in [0.15, 0.2) is 103 Å². The predicted octanol–water partition coefficient (Wildman–Crippen LogP) is 6.94. The van der Waals surface area contributed by atoms with Crippen LogP contribution in [-0.4, -0.2) is 11.2 Å². The van der Waals surface area contributed by atoms with Crippen LogP contribution in [0.1, 0.15) is 48.2 Å². The van der Waals surface area contributed by atoms with Gasteiger partial charge in [-0.3, -0.25) is 10.1 Å². The molecule has 6 nitrogen and oxygen atoms in total. The largest absolute Gasteiger partial charge is 0.470 e. The molecule has 180 valence electrons. The van der Waals surface area contributed by atoms with Gasteiger partial charge in [-0.15, -0.1) is 0 Å². The van der Waals surface area contributed by atoms with E-state index in [0.29, 0.717) is 11.3 Å². The molecule has 0 bridgehead atoms. The second-order valence-electron chi connectivity index (χ2n) is 9.15. The van der Waals surface area contributed by atoms with Gasteiger partial charge >= 0.3 is 0 Å². The molecule has 4 aromatic carbocycles. The van der Waals surface area contributed by atoms with Gasteiger partial charge in [-0.2, -0.15) is 0 Å². The SMILES string of the molecule is CCC[C@@H]1Oc2ccc([N+](=O)[O-])cc2[C@H]2OC(c3ccccc3)(c3ccccc3)c3ccccc3N12. The number of nitro groups is 1. The number of rotatable bonds is 5. The Morgan fingerprint density at radius 2 is 1.53 bits per heavy atom. The molecule has 0 N–H and O–H groups in total. The number of non-ortho nitro benzene ring substituents is 1. The Kier molecular flexibility index (Phi) is 5.46. The highest BCUT2D eigenvalue weighted by atomic mass is 16.6. The Morgan fingerprint density at radius 3 is 2.17 bits per heavy atom. The number of hydrogen-bond donors (Lipinski definition) is 0. The first-order valence-electron chi connectivity index (χ1n) is 12.2. The quantitative estimate of drug-likeness (QED) is 0.230. The monoisotopic (exact) mass is 478 g/mol. The molecule has 2 aliphatic rings. The lowest BCUT2D eigenvalue weighted by atomic mass is 9.77. The first-order valence-corrected chi connectivity index (χ1v) is 12.2. The van der Waals surface area contributed by atoms with Crippen LogP contribution in [0.2, 0.25) is 0 Å². The molecule has 0 amide bonds. The van der Waals surface area contributed by atoms with E-state index in [1.807, 2.05) is 48.5 Å². The number of fused-ring (bicyclic) bond motifs is 5. The van der Waals surface area contributed by atoms with Crippen LogP contribution in [-0.2, 0) is 10.3 Å². The number of hydrogen-bond acceptors (Lipinski definition) is 5. The molecule has 6 heteroatoms. The van der Waals surface area contributed by atoms with Crippen molar-refractivity contribution in [3.63, 3.8) is 0 Å². The number of nitro benzene ring substituents is 1. The lowest BCUT2D eigenvalue weighted by molar-refractivity contribution is -0.385. The van der Waals surface area contributed by atoms with Crippen LogP contribution in [0.3, 0.4) is 0 Å². The van der Waals surface area contributed by atoms with E-state index in [-0.39, 0.29) is 16.8 Å². The Balaban J connectivity index is 1.66. The van der Waals surface area contributed by atoms with Gasteiger partial charge in [-0.25, -0.2) is 0 Å². The maximum absolute atomic E-state index is 11.7. The minimum atomic E-state index is -0.920. The fourth-order valence-corrected chi connectivity index (χ4v) is 5.49. The Hall–Kier alpha value is -4.16. The normalized spacial score (nSPS) is 19.4. The molecule has 2 heterocycles. The summed E-state index contributed by atoms with van der Waals surface area (Å²) >= 11 is 0. The number of ether oxygens (including phenoxy) is 2. The van der Waals surface area contributed by atoms with Gasteiger partial charge in [-0.1, -0.05) is 92.2 Å². The van der Waals surface area contributed by atoms with E-state index in [2.05, 4.69) is 48.2 Å². The van der Waals surface area contributed by atoms with Gasteiger partial charge in [0.2, 0.25) is 0 Å². The zero-order chi connectivity index (χ0) is 24.7. The van der Waals surface area contributed by atoms with Crippen molar-refractivity contribution in [1.82, 2.24) is 0 Å². The highest BCUT2D eigenvalue weighted by molar-refractivity contribution is 5.67. The fourth-order valence-electron chi connectivity index (χ4n) is 5.49. The lowest BCUT2D eigenvalue weighted by Crippen LogP contribution is -2.54. The summed E-state index contributed by atoms with van der Waals surface area (Å²) in [6.45, 7) is 2.12. The first kappa shape index (κ1) is 22.3. The van der Waals surface area contributed by atoms with Crippen LogP contribution in [0.4, 0.5) is 11.4 Å². The van der Waals surface area contributed by atoms with Crippen molar-refractivity contribution >= 4 is 11.4 Å². The van der Waals surface area contributed by atoms with Crippen molar-refractivity contribution < 1.29 is 14.4 Å². The highest BCUT2D eigenvalue weighted by Gasteiger charge is 2.51. The second-order valence-corrected chi connectivity index (χ2v) is 9.15. The Bertz CT molecular complexity index is 1370. The molecule has 36 heavy (non-hydrogen) atoms. The summed E-state index contributed by atoms with van der Waals surface area (Å²) in [7, 11) is 0. The van der Waals surface area contributed by atoms with E-state index < -0.39 is 11.8 Å². The highest BCUT2D eigenvalue weighted by Crippen LogP contribution is 2.56. The van der Waals surface area contributed by atoms with Gasteiger partial charge in [0.05, 0.1) is 10.5 Å². The summed E-state index contributed by atoms with van der Waals surface area (Å²) in [5, 5.41) is 11.7. The molecule has 0 unspecified atom stereocenters. The second kappa shape index (κ2) is 8.81.